The van der Waals surface area contributed by atoms with Gasteiger partial charge in [0.05, 0.1) is 28.5 Å². The van der Waals surface area contributed by atoms with Crippen LogP contribution in [0.2, 0.25) is 0 Å². The van der Waals surface area contributed by atoms with Crippen LogP contribution in [0.1, 0.15) is 25.7 Å². The van der Waals surface area contributed by atoms with Gasteiger partial charge in [0.25, 0.3) is 0 Å². The van der Waals surface area contributed by atoms with Gasteiger partial charge in [-0.05, 0) is 37.1 Å². The van der Waals surface area contributed by atoms with Crippen LogP contribution < -0.4 is 14.7 Å². The number of para-hydroxylation sites is 2. The minimum absolute atomic E-state index is 0.200. The third-order valence-corrected chi connectivity index (χ3v) is 9.34. The van der Waals surface area contributed by atoms with E-state index in [1.54, 1.807) is 4.31 Å². The van der Waals surface area contributed by atoms with Gasteiger partial charge >= 0.3 is 6.09 Å². The quantitative estimate of drug-likeness (QED) is 0.732. The lowest BCUT2D eigenvalue weighted by atomic mass is 10.1. The van der Waals surface area contributed by atoms with E-state index in [2.05, 4.69) is 9.88 Å². The van der Waals surface area contributed by atoms with Crippen LogP contribution in [0.3, 0.4) is 0 Å². The Labute approximate surface area is 194 Å². The summed E-state index contributed by atoms with van der Waals surface area (Å²) < 4.78 is 27.4. The van der Waals surface area contributed by atoms with E-state index in [0.29, 0.717) is 45.0 Å². The maximum Gasteiger partial charge on any atom is 0.411 e. The van der Waals surface area contributed by atoms with E-state index in [9.17, 15) is 18.3 Å². The number of carbonyl (C=O) groups is 1. The second-order valence-corrected chi connectivity index (χ2v) is 11.0. The predicted molar refractivity (Wildman–Crippen MR) is 128 cm³/mol. The Morgan fingerprint density at radius 1 is 0.909 bits per heavy atom. The van der Waals surface area contributed by atoms with E-state index in [0.717, 1.165) is 42.9 Å². The molecular weight excluding hydrogens is 442 g/mol. The SMILES string of the molecule is O=C(O)N1CCN(c2ccc(N3CCN(S(=O)(=O)C4CCCC4)CC3)cn2)c2ccccc21. The summed E-state index contributed by atoms with van der Waals surface area (Å²) in [5.41, 5.74) is 2.44. The topological polar surface area (TPSA) is 97.3 Å². The predicted octanol–water partition coefficient (Wildman–Crippen LogP) is 3.11. The molecule has 0 atom stereocenters. The largest absolute Gasteiger partial charge is 0.465 e. The zero-order valence-electron chi connectivity index (χ0n) is 18.5. The normalized spacial score (nSPS) is 20.2. The highest BCUT2D eigenvalue weighted by atomic mass is 32.2. The van der Waals surface area contributed by atoms with Crippen molar-refractivity contribution < 1.29 is 18.3 Å². The molecule has 10 heteroatoms. The van der Waals surface area contributed by atoms with Crippen LogP contribution in [0.4, 0.5) is 27.7 Å². The van der Waals surface area contributed by atoms with Crippen molar-refractivity contribution in [3.05, 3.63) is 42.6 Å². The number of pyridine rings is 1. The van der Waals surface area contributed by atoms with Crippen LogP contribution in [-0.4, -0.2) is 73.4 Å². The highest BCUT2D eigenvalue weighted by Gasteiger charge is 2.36. The molecule has 5 rings (SSSR count). The zero-order chi connectivity index (χ0) is 23.0. The zero-order valence-corrected chi connectivity index (χ0v) is 19.3. The molecule has 0 unspecified atom stereocenters. The van der Waals surface area contributed by atoms with Crippen LogP contribution >= 0.6 is 0 Å². The summed E-state index contributed by atoms with van der Waals surface area (Å²) in [6.07, 6.45) is 4.47. The fraction of sp³-hybridized carbons (Fsp3) is 0.478. The van der Waals surface area contributed by atoms with Gasteiger partial charge in [-0.1, -0.05) is 25.0 Å². The van der Waals surface area contributed by atoms with E-state index in [1.165, 1.54) is 4.90 Å². The molecule has 1 saturated heterocycles. The van der Waals surface area contributed by atoms with Gasteiger partial charge in [-0.25, -0.2) is 18.2 Å². The van der Waals surface area contributed by atoms with Gasteiger partial charge in [-0.15, -0.1) is 0 Å². The van der Waals surface area contributed by atoms with Gasteiger partial charge in [0.2, 0.25) is 10.0 Å². The Morgan fingerprint density at radius 3 is 2.24 bits per heavy atom. The molecule has 2 aliphatic heterocycles. The number of rotatable bonds is 4. The van der Waals surface area contributed by atoms with Gasteiger partial charge in [-0.3, -0.25) is 4.90 Å². The summed E-state index contributed by atoms with van der Waals surface area (Å²) in [6.45, 7) is 3.19. The van der Waals surface area contributed by atoms with E-state index in [1.807, 2.05) is 47.5 Å². The van der Waals surface area contributed by atoms with Crippen molar-refractivity contribution in [2.24, 2.45) is 0 Å². The first-order valence-corrected chi connectivity index (χ1v) is 13.0. The van der Waals surface area contributed by atoms with Crippen LogP contribution in [0.5, 0.6) is 0 Å². The van der Waals surface area contributed by atoms with Crippen molar-refractivity contribution in [2.45, 2.75) is 30.9 Å². The summed E-state index contributed by atoms with van der Waals surface area (Å²) in [4.78, 5) is 21.8. The number of amides is 1. The average Bonchev–Trinajstić information content (AvgIpc) is 3.40. The molecule has 33 heavy (non-hydrogen) atoms. The minimum atomic E-state index is -3.19. The fourth-order valence-electron chi connectivity index (χ4n) is 5.12. The van der Waals surface area contributed by atoms with Crippen molar-refractivity contribution >= 4 is 39.0 Å². The van der Waals surface area contributed by atoms with Crippen molar-refractivity contribution in [3.8, 4) is 0 Å². The number of anilines is 4. The molecule has 1 amide bonds. The molecule has 1 saturated carbocycles. The standard InChI is InChI=1S/C23H29N5O4S/c29-23(30)28-16-15-27(20-7-3-4-8-21(20)28)22-10-9-18(17-24-22)25-11-13-26(14-12-25)33(31,32)19-5-1-2-6-19/h3-4,7-10,17,19H,1-2,5-6,11-16H2,(H,29,30). The Hall–Kier alpha value is -2.85. The van der Waals surface area contributed by atoms with Crippen LogP contribution in [-0.2, 0) is 10.0 Å². The molecule has 1 aliphatic carbocycles. The Kier molecular flexibility index (Phi) is 5.88. The Bertz CT molecular complexity index is 1110. The van der Waals surface area contributed by atoms with Crippen LogP contribution in [0.15, 0.2) is 42.6 Å². The monoisotopic (exact) mass is 471 g/mol. The average molecular weight is 472 g/mol. The number of hydrogen-bond donors (Lipinski definition) is 1. The third-order valence-electron chi connectivity index (χ3n) is 6.94. The van der Waals surface area contributed by atoms with Crippen molar-refractivity contribution in [2.75, 3.05) is 54.0 Å². The Morgan fingerprint density at radius 2 is 1.61 bits per heavy atom. The molecule has 2 fully saturated rings. The van der Waals surface area contributed by atoms with E-state index in [4.69, 9.17) is 0 Å². The summed E-state index contributed by atoms with van der Waals surface area (Å²) in [7, 11) is -3.19. The highest BCUT2D eigenvalue weighted by molar-refractivity contribution is 7.89. The lowest BCUT2D eigenvalue weighted by Gasteiger charge is -2.37. The maximum absolute atomic E-state index is 12.9. The molecule has 0 spiro atoms. The number of benzene rings is 1. The summed E-state index contributed by atoms with van der Waals surface area (Å²) >= 11 is 0. The number of piperazine rings is 1. The molecule has 2 aromatic rings. The van der Waals surface area contributed by atoms with Crippen molar-refractivity contribution in [1.29, 1.82) is 0 Å². The number of carboxylic acid groups (broad SMARTS) is 1. The van der Waals surface area contributed by atoms with Gasteiger partial charge in [0.15, 0.2) is 0 Å². The van der Waals surface area contributed by atoms with Gasteiger partial charge in [0, 0.05) is 39.3 Å². The van der Waals surface area contributed by atoms with E-state index >= 15 is 0 Å². The number of nitrogens with zero attached hydrogens (tertiary/aromatic N) is 5. The summed E-state index contributed by atoms with van der Waals surface area (Å²) in [5.74, 6) is 0.763. The summed E-state index contributed by atoms with van der Waals surface area (Å²) in [6, 6.07) is 11.4. The van der Waals surface area contributed by atoms with Gasteiger partial charge in [0.1, 0.15) is 5.82 Å². The second kappa shape index (κ2) is 8.83. The maximum atomic E-state index is 12.9. The number of aromatic nitrogens is 1. The second-order valence-electron chi connectivity index (χ2n) is 8.79. The first-order chi connectivity index (χ1) is 15.9. The van der Waals surface area contributed by atoms with Crippen molar-refractivity contribution in [1.82, 2.24) is 9.29 Å². The molecule has 3 heterocycles. The lowest BCUT2D eigenvalue weighted by Crippen LogP contribution is -2.50. The number of sulfonamides is 1. The molecular formula is C23H29N5O4S. The molecule has 0 bridgehead atoms. The summed E-state index contributed by atoms with van der Waals surface area (Å²) in [5, 5.41) is 9.30. The fourth-order valence-corrected chi connectivity index (χ4v) is 7.14. The van der Waals surface area contributed by atoms with Crippen LogP contribution in [0.25, 0.3) is 0 Å². The van der Waals surface area contributed by atoms with Gasteiger partial charge in [-0.2, -0.15) is 4.31 Å². The number of hydrogen-bond acceptors (Lipinski definition) is 6. The van der Waals surface area contributed by atoms with Gasteiger partial charge < -0.3 is 14.9 Å². The smallest absolute Gasteiger partial charge is 0.411 e. The lowest BCUT2D eigenvalue weighted by molar-refractivity contribution is 0.201. The first-order valence-electron chi connectivity index (χ1n) is 11.5. The van der Waals surface area contributed by atoms with E-state index < -0.39 is 16.1 Å². The molecule has 9 nitrogen and oxygen atoms in total. The third kappa shape index (κ3) is 4.13. The molecule has 1 aromatic carbocycles. The molecule has 3 aliphatic rings. The van der Waals surface area contributed by atoms with Crippen LogP contribution in [0, 0.1) is 0 Å². The highest BCUT2D eigenvalue weighted by Crippen LogP contribution is 2.37. The molecule has 1 aromatic heterocycles. The van der Waals surface area contributed by atoms with E-state index in [-0.39, 0.29) is 5.25 Å². The molecule has 176 valence electrons. The molecule has 1 N–H and O–H groups in total. The molecule has 0 radical (unpaired) electrons. The van der Waals surface area contributed by atoms with Crippen molar-refractivity contribution in [3.63, 3.8) is 0 Å². The first kappa shape index (κ1) is 22.0. The minimum Gasteiger partial charge on any atom is -0.465 e. The number of fused-ring (bicyclic) bond motifs is 1. The Balaban J connectivity index is 1.27.